The van der Waals surface area contributed by atoms with Crippen LogP contribution in [0.2, 0.25) is 0 Å². The van der Waals surface area contributed by atoms with Crippen LogP contribution in [0.25, 0.3) is 0 Å². The summed E-state index contributed by atoms with van der Waals surface area (Å²) in [4.78, 5) is 11.7. The van der Waals surface area contributed by atoms with E-state index in [0.717, 1.165) is 12.1 Å². The number of phenols is 1. The number of hydrogen-bond acceptors (Lipinski definition) is 3. The van der Waals surface area contributed by atoms with Gasteiger partial charge < -0.3 is 5.11 Å². The highest BCUT2D eigenvalue weighted by atomic mass is 19.4. The van der Waals surface area contributed by atoms with Crippen LogP contribution in [0.15, 0.2) is 53.6 Å². The molecule has 0 aliphatic heterocycles. The van der Waals surface area contributed by atoms with E-state index in [1.807, 2.05) is 0 Å². The van der Waals surface area contributed by atoms with E-state index in [4.69, 9.17) is 0 Å². The molecule has 2 aromatic carbocycles. The fraction of sp³-hybridized carbons (Fsp3) is 0.125. The topological polar surface area (TPSA) is 61.7 Å². The molecule has 0 atom stereocenters. The third kappa shape index (κ3) is 5.14. The van der Waals surface area contributed by atoms with Crippen LogP contribution >= 0.6 is 0 Å². The molecule has 0 unspecified atom stereocenters. The minimum Gasteiger partial charge on any atom is -0.508 e. The van der Waals surface area contributed by atoms with Gasteiger partial charge in [0.1, 0.15) is 5.75 Å². The smallest absolute Gasteiger partial charge is 0.416 e. The Morgan fingerprint density at radius 3 is 2.61 bits per heavy atom. The number of aromatic hydroxyl groups is 1. The highest BCUT2D eigenvalue weighted by Crippen LogP contribution is 2.29. The molecule has 0 aromatic heterocycles. The number of benzene rings is 2. The van der Waals surface area contributed by atoms with E-state index >= 15 is 0 Å². The normalized spacial score (nSPS) is 11.6. The molecule has 0 saturated heterocycles. The summed E-state index contributed by atoms with van der Waals surface area (Å²) in [5.74, 6) is -0.482. The summed E-state index contributed by atoms with van der Waals surface area (Å²) in [5.41, 5.74) is 2.24. The van der Waals surface area contributed by atoms with E-state index in [1.165, 1.54) is 30.5 Å². The predicted molar refractivity (Wildman–Crippen MR) is 79.0 cm³/mol. The van der Waals surface area contributed by atoms with E-state index in [-0.39, 0.29) is 17.7 Å². The van der Waals surface area contributed by atoms with Crippen molar-refractivity contribution in [3.05, 3.63) is 65.2 Å². The first-order chi connectivity index (χ1) is 10.8. The number of amides is 1. The van der Waals surface area contributed by atoms with Crippen LogP contribution in [0.1, 0.15) is 16.7 Å². The quantitative estimate of drug-likeness (QED) is 0.671. The number of carbonyl (C=O) groups is 1. The molecule has 0 spiro atoms. The maximum atomic E-state index is 12.6. The minimum atomic E-state index is -4.44. The average Bonchev–Trinajstić information content (AvgIpc) is 2.46. The Bertz CT molecular complexity index is 727. The van der Waals surface area contributed by atoms with Crippen molar-refractivity contribution in [2.75, 3.05) is 0 Å². The number of alkyl halides is 3. The summed E-state index contributed by atoms with van der Waals surface area (Å²) in [6.45, 7) is 0. The average molecular weight is 322 g/mol. The molecule has 2 rings (SSSR count). The van der Waals surface area contributed by atoms with Gasteiger partial charge in [0.2, 0.25) is 5.91 Å². The monoisotopic (exact) mass is 322 g/mol. The number of phenolic OH excluding ortho intramolecular Hbond substituents is 1. The second-order valence-corrected chi connectivity index (χ2v) is 4.76. The van der Waals surface area contributed by atoms with Gasteiger partial charge in [-0.1, -0.05) is 30.3 Å². The zero-order chi connectivity index (χ0) is 16.9. The van der Waals surface area contributed by atoms with E-state index in [2.05, 4.69) is 10.5 Å². The number of halogens is 3. The summed E-state index contributed by atoms with van der Waals surface area (Å²) < 4.78 is 37.8. The van der Waals surface area contributed by atoms with Gasteiger partial charge in [-0.25, -0.2) is 5.43 Å². The number of hydrazone groups is 1. The van der Waals surface area contributed by atoms with Crippen LogP contribution in [0.5, 0.6) is 5.75 Å². The van der Waals surface area contributed by atoms with Crippen LogP contribution in [0, 0.1) is 0 Å². The Morgan fingerprint density at radius 2 is 1.91 bits per heavy atom. The molecule has 1 amide bonds. The maximum absolute atomic E-state index is 12.6. The lowest BCUT2D eigenvalue weighted by molar-refractivity contribution is -0.137. The Kier molecular flexibility index (Phi) is 5.00. The molecule has 0 aliphatic rings. The van der Waals surface area contributed by atoms with Gasteiger partial charge in [-0.05, 0) is 29.3 Å². The fourth-order valence-electron chi connectivity index (χ4n) is 1.87. The number of nitrogens with one attached hydrogen (secondary N) is 1. The molecule has 0 heterocycles. The molecule has 0 aliphatic carbocycles. The molecule has 0 fully saturated rings. The molecule has 0 saturated carbocycles. The molecule has 0 radical (unpaired) electrons. The molecule has 0 bridgehead atoms. The van der Waals surface area contributed by atoms with Crippen molar-refractivity contribution < 1.29 is 23.1 Å². The molecule has 7 heteroatoms. The van der Waals surface area contributed by atoms with Gasteiger partial charge in [-0.2, -0.15) is 18.3 Å². The number of hydrogen-bond donors (Lipinski definition) is 2. The van der Waals surface area contributed by atoms with E-state index in [9.17, 15) is 23.1 Å². The van der Waals surface area contributed by atoms with E-state index in [1.54, 1.807) is 12.1 Å². The lowest BCUT2D eigenvalue weighted by Crippen LogP contribution is -2.20. The van der Waals surface area contributed by atoms with Crippen molar-refractivity contribution >= 4 is 12.1 Å². The third-order valence-corrected chi connectivity index (χ3v) is 2.89. The number of rotatable bonds is 4. The second kappa shape index (κ2) is 6.95. The molecule has 23 heavy (non-hydrogen) atoms. The first kappa shape index (κ1) is 16.5. The van der Waals surface area contributed by atoms with Crippen LogP contribution in [-0.4, -0.2) is 17.2 Å². The first-order valence-electron chi connectivity index (χ1n) is 6.61. The van der Waals surface area contributed by atoms with Crippen molar-refractivity contribution in [1.82, 2.24) is 5.43 Å². The van der Waals surface area contributed by atoms with Crippen molar-refractivity contribution in [3.63, 3.8) is 0 Å². The highest BCUT2D eigenvalue weighted by Gasteiger charge is 2.30. The summed E-state index contributed by atoms with van der Waals surface area (Å²) in [6.07, 6.45) is -3.34. The third-order valence-electron chi connectivity index (χ3n) is 2.89. The van der Waals surface area contributed by atoms with Gasteiger partial charge in [0, 0.05) is 0 Å². The Labute approximate surface area is 130 Å². The van der Waals surface area contributed by atoms with Gasteiger partial charge >= 0.3 is 6.18 Å². The van der Waals surface area contributed by atoms with Gasteiger partial charge in [0.25, 0.3) is 0 Å². The highest BCUT2D eigenvalue weighted by molar-refractivity contribution is 5.83. The molecule has 2 N–H and O–H groups in total. The zero-order valence-corrected chi connectivity index (χ0v) is 11.8. The van der Waals surface area contributed by atoms with Crippen LogP contribution in [-0.2, 0) is 17.4 Å². The van der Waals surface area contributed by atoms with Gasteiger partial charge in [-0.3, -0.25) is 4.79 Å². The molecule has 4 nitrogen and oxygen atoms in total. The molecular weight excluding hydrogens is 309 g/mol. The standard InChI is InChI=1S/C16H13F3N2O2/c17-16(18,19)13-5-1-3-11(7-13)9-15(23)21-20-10-12-4-2-6-14(22)8-12/h1-8,10,22H,9H2,(H,21,23)/b20-10-. The summed E-state index contributed by atoms with van der Waals surface area (Å²) in [6, 6.07) is 10.8. The summed E-state index contributed by atoms with van der Waals surface area (Å²) in [7, 11) is 0. The lowest BCUT2D eigenvalue weighted by Gasteiger charge is -2.08. The molecule has 120 valence electrons. The largest absolute Gasteiger partial charge is 0.508 e. The van der Waals surface area contributed by atoms with Crippen molar-refractivity contribution in [2.45, 2.75) is 12.6 Å². The van der Waals surface area contributed by atoms with Gasteiger partial charge in [-0.15, -0.1) is 0 Å². The predicted octanol–water partition coefficient (Wildman–Crippen LogP) is 3.10. The van der Waals surface area contributed by atoms with Gasteiger partial charge in [0.05, 0.1) is 18.2 Å². The Morgan fingerprint density at radius 1 is 1.17 bits per heavy atom. The second-order valence-electron chi connectivity index (χ2n) is 4.76. The van der Waals surface area contributed by atoms with E-state index < -0.39 is 17.6 Å². The minimum absolute atomic E-state index is 0.0595. The van der Waals surface area contributed by atoms with Crippen LogP contribution in [0.3, 0.4) is 0 Å². The van der Waals surface area contributed by atoms with Crippen molar-refractivity contribution in [1.29, 1.82) is 0 Å². The van der Waals surface area contributed by atoms with Gasteiger partial charge in [0.15, 0.2) is 0 Å². The summed E-state index contributed by atoms with van der Waals surface area (Å²) >= 11 is 0. The Balaban J connectivity index is 1.95. The summed E-state index contributed by atoms with van der Waals surface area (Å²) in [5, 5.41) is 13.0. The fourth-order valence-corrected chi connectivity index (χ4v) is 1.87. The SMILES string of the molecule is O=C(Cc1cccc(C(F)(F)F)c1)N/N=C\c1cccc(O)c1. The first-order valence-corrected chi connectivity index (χ1v) is 6.61. The number of carbonyl (C=O) groups excluding carboxylic acids is 1. The molecular formula is C16H13F3N2O2. The van der Waals surface area contributed by atoms with E-state index in [0.29, 0.717) is 5.56 Å². The van der Waals surface area contributed by atoms with Crippen LogP contribution < -0.4 is 5.43 Å². The molecule has 2 aromatic rings. The zero-order valence-electron chi connectivity index (χ0n) is 11.8. The van der Waals surface area contributed by atoms with Crippen LogP contribution in [0.4, 0.5) is 13.2 Å². The maximum Gasteiger partial charge on any atom is 0.416 e. The van der Waals surface area contributed by atoms with Crippen molar-refractivity contribution in [2.24, 2.45) is 5.10 Å². The number of nitrogens with zero attached hydrogens (tertiary/aromatic N) is 1. The Hall–Kier alpha value is -2.83. The van der Waals surface area contributed by atoms with Crippen molar-refractivity contribution in [3.8, 4) is 5.75 Å². The lowest BCUT2D eigenvalue weighted by atomic mass is 10.1.